The van der Waals surface area contributed by atoms with Crippen molar-refractivity contribution < 1.29 is 28.6 Å². The predicted octanol–water partition coefficient (Wildman–Crippen LogP) is 15.8. The van der Waals surface area contributed by atoms with E-state index in [-0.39, 0.29) is 31.1 Å². The molecule has 0 aliphatic carbocycles. The largest absolute Gasteiger partial charge is 0.462 e. The average molecular weight is 833 g/mol. The third-order valence-electron chi connectivity index (χ3n) is 9.96. The van der Waals surface area contributed by atoms with E-state index in [0.29, 0.717) is 19.3 Å². The van der Waals surface area contributed by atoms with Gasteiger partial charge in [0.15, 0.2) is 6.10 Å². The molecule has 1 atom stereocenters. The summed E-state index contributed by atoms with van der Waals surface area (Å²) in [6.07, 6.45) is 62.5. The highest BCUT2D eigenvalue weighted by atomic mass is 16.6. The van der Waals surface area contributed by atoms with Crippen molar-refractivity contribution in [3.8, 4) is 0 Å². The number of hydrogen-bond donors (Lipinski definition) is 0. The van der Waals surface area contributed by atoms with Gasteiger partial charge in [-0.2, -0.15) is 0 Å². The quantitative estimate of drug-likeness (QED) is 0.0200. The Morgan fingerprint density at radius 2 is 0.667 bits per heavy atom. The summed E-state index contributed by atoms with van der Waals surface area (Å²) in [6.45, 7) is 6.29. The molecular formula is C54H88O6. The van der Waals surface area contributed by atoms with Crippen LogP contribution in [0.2, 0.25) is 0 Å². The molecule has 0 aromatic rings. The summed E-state index contributed by atoms with van der Waals surface area (Å²) >= 11 is 0. The number of allylic oxidation sites excluding steroid dienone is 16. The van der Waals surface area contributed by atoms with Gasteiger partial charge in [-0.1, -0.05) is 201 Å². The zero-order valence-electron chi connectivity index (χ0n) is 38.7. The first-order chi connectivity index (χ1) is 29.5. The molecule has 0 saturated heterocycles. The Morgan fingerprint density at radius 1 is 0.350 bits per heavy atom. The van der Waals surface area contributed by atoms with Crippen molar-refractivity contribution in [2.75, 3.05) is 13.2 Å². The lowest BCUT2D eigenvalue weighted by Gasteiger charge is -2.18. The molecule has 60 heavy (non-hydrogen) atoms. The topological polar surface area (TPSA) is 78.9 Å². The number of ether oxygens (including phenoxy) is 3. The lowest BCUT2D eigenvalue weighted by molar-refractivity contribution is -0.167. The van der Waals surface area contributed by atoms with Crippen LogP contribution in [0.1, 0.15) is 207 Å². The number of rotatable bonds is 42. The average Bonchev–Trinajstić information content (AvgIpc) is 3.24. The fraction of sp³-hybridized carbons (Fsp3) is 0.648. The Bertz CT molecular complexity index is 1230. The molecule has 0 aliphatic rings. The van der Waals surface area contributed by atoms with Crippen LogP contribution in [0, 0.1) is 0 Å². The van der Waals surface area contributed by atoms with Gasteiger partial charge in [-0.15, -0.1) is 0 Å². The fourth-order valence-corrected chi connectivity index (χ4v) is 6.33. The fourth-order valence-electron chi connectivity index (χ4n) is 6.33. The van der Waals surface area contributed by atoms with Crippen molar-refractivity contribution in [1.29, 1.82) is 0 Å². The minimum Gasteiger partial charge on any atom is -0.462 e. The third kappa shape index (κ3) is 45.4. The van der Waals surface area contributed by atoms with Gasteiger partial charge in [0.05, 0.1) is 0 Å². The summed E-state index contributed by atoms with van der Waals surface area (Å²) in [4.78, 5) is 37.9. The first-order valence-electron chi connectivity index (χ1n) is 24.3. The van der Waals surface area contributed by atoms with Crippen LogP contribution in [0.5, 0.6) is 0 Å². The van der Waals surface area contributed by atoms with E-state index in [0.717, 1.165) is 96.3 Å². The molecule has 0 rings (SSSR count). The molecule has 6 heteroatoms. The first-order valence-corrected chi connectivity index (χ1v) is 24.3. The Balaban J connectivity index is 4.50. The van der Waals surface area contributed by atoms with Gasteiger partial charge in [0.2, 0.25) is 0 Å². The molecule has 6 nitrogen and oxygen atoms in total. The van der Waals surface area contributed by atoms with Crippen LogP contribution in [-0.4, -0.2) is 37.2 Å². The maximum absolute atomic E-state index is 12.8. The summed E-state index contributed by atoms with van der Waals surface area (Å²) in [6, 6.07) is 0. The van der Waals surface area contributed by atoms with E-state index in [9.17, 15) is 14.4 Å². The number of esters is 3. The van der Waals surface area contributed by atoms with E-state index < -0.39 is 6.10 Å². The second-order valence-corrected chi connectivity index (χ2v) is 15.8. The Hall–Kier alpha value is -3.67. The third-order valence-corrected chi connectivity index (χ3v) is 9.96. The molecule has 0 radical (unpaired) electrons. The number of carbonyl (C=O) groups is 3. The Morgan fingerprint density at radius 3 is 1.08 bits per heavy atom. The maximum Gasteiger partial charge on any atom is 0.306 e. The van der Waals surface area contributed by atoms with E-state index in [1.807, 2.05) is 36.5 Å². The predicted molar refractivity (Wildman–Crippen MR) is 256 cm³/mol. The number of carbonyl (C=O) groups excluding carboxylic acids is 3. The monoisotopic (exact) mass is 833 g/mol. The molecule has 0 amide bonds. The van der Waals surface area contributed by atoms with Crippen molar-refractivity contribution in [1.82, 2.24) is 0 Å². The van der Waals surface area contributed by atoms with Crippen LogP contribution < -0.4 is 0 Å². The molecule has 0 aromatic heterocycles. The van der Waals surface area contributed by atoms with Crippen LogP contribution in [0.3, 0.4) is 0 Å². The highest BCUT2D eigenvalue weighted by molar-refractivity contribution is 5.71. The van der Waals surface area contributed by atoms with Crippen LogP contribution >= 0.6 is 0 Å². The van der Waals surface area contributed by atoms with Gasteiger partial charge >= 0.3 is 17.9 Å². The summed E-state index contributed by atoms with van der Waals surface area (Å²) < 4.78 is 16.7. The van der Waals surface area contributed by atoms with E-state index in [2.05, 4.69) is 81.5 Å². The van der Waals surface area contributed by atoms with Gasteiger partial charge in [0.25, 0.3) is 0 Å². The highest BCUT2D eigenvalue weighted by Gasteiger charge is 2.19. The SMILES string of the molecule is CC/C=C/C=C/C=C/C=C/CCCCCC(=O)OCC(COC(=O)CCCCCCCCC/C=C/C=C/C=C/CC)OC(=O)CCCCC/C=C/CCCCCCCCC. The number of unbranched alkanes of at least 4 members (excludes halogenated alkanes) is 20. The molecule has 340 valence electrons. The highest BCUT2D eigenvalue weighted by Crippen LogP contribution is 2.13. The van der Waals surface area contributed by atoms with Crippen molar-refractivity contribution in [2.45, 2.75) is 213 Å². The van der Waals surface area contributed by atoms with E-state index in [1.165, 1.54) is 70.6 Å². The molecule has 0 spiro atoms. The van der Waals surface area contributed by atoms with E-state index in [1.54, 1.807) is 0 Å². The van der Waals surface area contributed by atoms with Crippen LogP contribution in [-0.2, 0) is 28.6 Å². The molecule has 0 saturated carbocycles. The van der Waals surface area contributed by atoms with Crippen molar-refractivity contribution in [2.24, 2.45) is 0 Å². The molecule has 0 aromatic carbocycles. The zero-order chi connectivity index (χ0) is 43.7. The van der Waals surface area contributed by atoms with Gasteiger partial charge in [-0.25, -0.2) is 0 Å². The molecule has 0 aliphatic heterocycles. The number of hydrogen-bond acceptors (Lipinski definition) is 6. The van der Waals surface area contributed by atoms with Gasteiger partial charge < -0.3 is 14.2 Å². The van der Waals surface area contributed by atoms with Crippen LogP contribution in [0.25, 0.3) is 0 Å². The lowest BCUT2D eigenvalue weighted by atomic mass is 10.1. The van der Waals surface area contributed by atoms with Crippen molar-refractivity contribution in [3.63, 3.8) is 0 Å². The Labute approximate surface area is 368 Å². The minimum absolute atomic E-state index is 0.104. The molecular weight excluding hydrogens is 745 g/mol. The van der Waals surface area contributed by atoms with Gasteiger partial charge in [0.1, 0.15) is 13.2 Å². The van der Waals surface area contributed by atoms with Crippen molar-refractivity contribution in [3.05, 3.63) is 97.2 Å². The molecule has 0 fully saturated rings. The van der Waals surface area contributed by atoms with Crippen LogP contribution in [0.15, 0.2) is 97.2 Å². The molecule has 0 N–H and O–H groups in total. The molecule has 0 heterocycles. The molecule has 0 bridgehead atoms. The normalized spacial score (nSPS) is 12.9. The standard InChI is InChI=1S/C54H88O6/c1-4-7-10-13-16-19-22-25-27-30-32-35-38-41-44-47-53(56)59-50-51(49-58-52(55)46-43-40-37-34-31-28-24-21-18-15-12-9-6-3)60-54(57)48-45-42-39-36-33-29-26-23-20-17-14-11-8-5-2/h7,9-10,12-13,15-16,18-19,21-22,24,28-29,31,33,51H,4-6,8,11,14,17,20,23,25-27,30,32,34-50H2,1-3H3/b10-7+,12-9+,16-13+,18-15+,22-19+,24-21+,31-28+,33-29+. The Kier molecular flexibility index (Phi) is 45.1. The zero-order valence-corrected chi connectivity index (χ0v) is 38.7. The maximum atomic E-state index is 12.8. The second kappa shape index (κ2) is 48.0. The van der Waals surface area contributed by atoms with E-state index in [4.69, 9.17) is 14.2 Å². The summed E-state index contributed by atoms with van der Waals surface area (Å²) in [5.74, 6) is -0.978. The smallest absolute Gasteiger partial charge is 0.306 e. The van der Waals surface area contributed by atoms with E-state index >= 15 is 0 Å². The molecule has 1 unspecified atom stereocenters. The lowest BCUT2D eigenvalue weighted by Crippen LogP contribution is -2.30. The second-order valence-electron chi connectivity index (χ2n) is 15.8. The summed E-state index contributed by atoms with van der Waals surface area (Å²) in [7, 11) is 0. The summed E-state index contributed by atoms with van der Waals surface area (Å²) in [5.41, 5.74) is 0. The van der Waals surface area contributed by atoms with Gasteiger partial charge in [-0.05, 0) is 83.5 Å². The first kappa shape index (κ1) is 56.3. The van der Waals surface area contributed by atoms with Crippen molar-refractivity contribution >= 4 is 17.9 Å². The van der Waals surface area contributed by atoms with Gasteiger partial charge in [-0.3, -0.25) is 14.4 Å². The summed E-state index contributed by atoms with van der Waals surface area (Å²) in [5, 5.41) is 0. The minimum atomic E-state index is -0.806. The van der Waals surface area contributed by atoms with Crippen LogP contribution in [0.4, 0.5) is 0 Å². The van der Waals surface area contributed by atoms with Gasteiger partial charge in [0, 0.05) is 19.3 Å².